The number of fused-ring (bicyclic) bond motifs is 1. The van der Waals surface area contributed by atoms with Gasteiger partial charge >= 0.3 is 0 Å². The van der Waals surface area contributed by atoms with Crippen LogP contribution in [0.4, 0.5) is 0 Å². The van der Waals surface area contributed by atoms with Crippen LogP contribution in [0.5, 0.6) is 0 Å². The molecule has 5 heteroatoms. The van der Waals surface area contributed by atoms with Crippen LogP contribution >= 0.6 is 0 Å². The van der Waals surface area contributed by atoms with Gasteiger partial charge in [-0.05, 0) is 62.5 Å². The minimum atomic E-state index is -0.335. The van der Waals surface area contributed by atoms with Crippen LogP contribution in [0.2, 0.25) is 0 Å². The highest BCUT2D eigenvalue weighted by Crippen LogP contribution is 2.50. The molecule has 1 saturated carbocycles. The molecule has 1 saturated heterocycles. The van der Waals surface area contributed by atoms with Gasteiger partial charge in [0.25, 0.3) is 5.56 Å². The smallest absolute Gasteiger partial charge is 0.267 e. The maximum atomic E-state index is 13.5. The van der Waals surface area contributed by atoms with Gasteiger partial charge in [0.15, 0.2) is 0 Å². The summed E-state index contributed by atoms with van der Waals surface area (Å²) in [6.07, 6.45) is 8.01. The van der Waals surface area contributed by atoms with Crippen LogP contribution in [0.25, 0.3) is 0 Å². The van der Waals surface area contributed by atoms with E-state index in [2.05, 4.69) is 17.2 Å². The van der Waals surface area contributed by atoms with E-state index in [-0.39, 0.29) is 22.9 Å². The predicted octanol–water partition coefficient (Wildman–Crippen LogP) is 2.84. The Kier molecular flexibility index (Phi) is 4.33. The summed E-state index contributed by atoms with van der Waals surface area (Å²) in [6, 6.07) is 12.0. The highest BCUT2D eigenvalue weighted by atomic mass is 16.2. The average Bonchev–Trinajstić information content (AvgIpc) is 3.42. The number of amides is 1. The van der Waals surface area contributed by atoms with E-state index in [1.165, 1.54) is 0 Å². The van der Waals surface area contributed by atoms with Gasteiger partial charge in [0.1, 0.15) is 0 Å². The molecule has 2 aromatic rings. The molecule has 2 fully saturated rings. The molecule has 1 aromatic heterocycles. The second-order valence-electron chi connectivity index (χ2n) is 8.59. The van der Waals surface area contributed by atoms with Crippen LogP contribution in [0, 0.1) is 0 Å². The number of aromatic nitrogens is 2. The van der Waals surface area contributed by atoms with Crippen LogP contribution in [-0.4, -0.2) is 33.2 Å². The van der Waals surface area contributed by atoms with Crippen molar-refractivity contribution in [2.24, 2.45) is 0 Å². The van der Waals surface area contributed by atoms with E-state index in [1.807, 2.05) is 23.1 Å². The number of hydrogen-bond donors (Lipinski definition) is 0. The molecule has 0 bridgehead atoms. The van der Waals surface area contributed by atoms with E-state index in [9.17, 15) is 9.59 Å². The first kappa shape index (κ1) is 17.7. The Morgan fingerprint density at radius 2 is 1.89 bits per heavy atom. The van der Waals surface area contributed by atoms with Crippen LogP contribution in [0.15, 0.2) is 41.2 Å². The topological polar surface area (TPSA) is 55.2 Å². The third kappa shape index (κ3) is 2.97. The maximum absolute atomic E-state index is 13.5. The van der Waals surface area contributed by atoms with Crippen LogP contribution < -0.4 is 5.56 Å². The van der Waals surface area contributed by atoms with E-state index in [1.54, 1.807) is 10.7 Å². The summed E-state index contributed by atoms with van der Waals surface area (Å²) in [5.41, 5.74) is 2.97. The molecular formula is C23H27N3O2. The van der Waals surface area contributed by atoms with Gasteiger partial charge in [-0.2, -0.15) is 5.10 Å². The first-order valence-electron chi connectivity index (χ1n) is 10.6. The van der Waals surface area contributed by atoms with E-state index < -0.39 is 0 Å². The Morgan fingerprint density at radius 3 is 2.68 bits per heavy atom. The number of carbonyl (C=O) groups excluding carboxylic acids is 1. The lowest BCUT2D eigenvalue weighted by Gasteiger charge is -2.29. The van der Waals surface area contributed by atoms with Crippen LogP contribution in [-0.2, 0) is 29.6 Å². The van der Waals surface area contributed by atoms with Crippen molar-refractivity contribution in [1.82, 2.24) is 14.7 Å². The minimum Gasteiger partial charge on any atom is -0.337 e. The van der Waals surface area contributed by atoms with Crippen molar-refractivity contribution in [3.63, 3.8) is 0 Å². The number of benzene rings is 1. The summed E-state index contributed by atoms with van der Waals surface area (Å²) in [6.45, 7) is 1.31. The van der Waals surface area contributed by atoms with Gasteiger partial charge in [0.05, 0.1) is 23.7 Å². The van der Waals surface area contributed by atoms with Crippen molar-refractivity contribution >= 4 is 5.91 Å². The molecule has 146 valence electrons. The van der Waals surface area contributed by atoms with Crippen molar-refractivity contribution in [1.29, 1.82) is 0 Å². The Hall–Kier alpha value is -2.43. The lowest BCUT2D eigenvalue weighted by Crippen LogP contribution is -2.45. The molecule has 28 heavy (non-hydrogen) atoms. The van der Waals surface area contributed by atoms with Crippen molar-refractivity contribution in [2.75, 3.05) is 6.54 Å². The standard InChI is InChI=1S/C23H27N3O2/c27-21-15-17-7-4-5-11-20(17)24-26(21)16-19-10-6-14-25(19)22(28)23(12-13-23)18-8-2-1-3-9-18/h1-3,8-9,15,19H,4-7,10-14,16H2. The van der Waals surface area contributed by atoms with Crippen LogP contribution in [0.1, 0.15) is 55.3 Å². The predicted molar refractivity (Wildman–Crippen MR) is 107 cm³/mol. The molecule has 1 aliphatic heterocycles. The Balaban J connectivity index is 1.38. The van der Waals surface area contributed by atoms with Gasteiger partial charge in [-0.25, -0.2) is 4.68 Å². The number of rotatable bonds is 4. The Morgan fingerprint density at radius 1 is 1.11 bits per heavy atom. The maximum Gasteiger partial charge on any atom is 0.267 e. The van der Waals surface area contributed by atoms with Crippen LogP contribution in [0.3, 0.4) is 0 Å². The SMILES string of the molecule is O=C(N1CCCC1Cn1nc2c(cc1=O)CCCC2)C1(c2ccccc2)CC1. The fourth-order valence-electron chi connectivity index (χ4n) is 5.01. The van der Waals surface area contributed by atoms with Gasteiger partial charge in [-0.1, -0.05) is 30.3 Å². The summed E-state index contributed by atoms with van der Waals surface area (Å²) < 4.78 is 1.61. The minimum absolute atomic E-state index is 0.0239. The summed E-state index contributed by atoms with van der Waals surface area (Å²) in [4.78, 5) is 28.1. The van der Waals surface area contributed by atoms with Gasteiger partial charge in [0, 0.05) is 12.6 Å². The quantitative estimate of drug-likeness (QED) is 0.823. The lowest BCUT2D eigenvalue weighted by molar-refractivity contribution is -0.135. The number of carbonyl (C=O) groups is 1. The second kappa shape index (κ2) is 6.87. The molecule has 1 aromatic carbocycles. The van der Waals surface area contributed by atoms with Crippen molar-refractivity contribution in [3.05, 3.63) is 63.6 Å². The molecule has 1 unspecified atom stereocenters. The summed E-state index contributed by atoms with van der Waals surface area (Å²) >= 11 is 0. The molecule has 5 nitrogen and oxygen atoms in total. The fraction of sp³-hybridized carbons (Fsp3) is 0.522. The molecule has 2 aliphatic carbocycles. The van der Waals surface area contributed by atoms with Crippen molar-refractivity contribution in [2.45, 2.75) is 69.4 Å². The number of likely N-dealkylation sites (tertiary alicyclic amines) is 1. The zero-order chi connectivity index (χ0) is 19.1. The summed E-state index contributed by atoms with van der Waals surface area (Å²) in [5.74, 6) is 0.243. The molecule has 2 heterocycles. The monoisotopic (exact) mass is 377 g/mol. The van der Waals surface area contributed by atoms with Gasteiger partial charge in [0.2, 0.25) is 5.91 Å². The van der Waals surface area contributed by atoms with E-state index in [0.29, 0.717) is 6.54 Å². The van der Waals surface area contributed by atoms with E-state index in [0.717, 1.165) is 74.7 Å². The fourth-order valence-corrected chi connectivity index (χ4v) is 5.01. The summed E-state index contributed by atoms with van der Waals surface area (Å²) in [5, 5.41) is 4.67. The highest BCUT2D eigenvalue weighted by molar-refractivity contribution is 5.91. The Labute approximate surface area is 165 Å². The molecule has 0 radical (unpaired) electrons. The van der Waals surface area contributed by atoms with Crippen molar-refractivity contribution in [3.8, 4) is 0 Å². The third-order valence-corrected chi connectivity index (χ3v) is 6.78. The van der Waals surface area contributed by atoms with Gasteiger partial charge in [-0.3, -0.25) is 9.59 Å². The zero-order valence-corrected chi connectivity index (χ0v) is 16.3. The van der Waals surface area contributed by atoms with E-state index >= 15 is 0 Å². The van der Waals surface area contributed by atoms with Gasteiger partial charge < -0.3 is 4.90 Å². The second-order valence-corrected chi connectivity index (χ2v) is 8.59. The molecule has 0 N–H and O–H groups in total. The van der Waals surface area contributed by atoms with Gasteiger partial charge in [-0.15, -0.1) is 0 Å². The zero-order valence-electron chi connectivity index (χ0n) is 16.3. The van der Waals surface area contributed by atoms with Crippen molar-refractivity contribution < 1.29 is 4.79 Å². The summed E-state index contributed by atoms with van der Waals surface area (Å²) in [7, 11) is 0. The molecule has 3 aliphatic rings. The normalized spacial score (nSPS) is 22.7. The number of hydrogen-bond acceptors (Lipinski definition) is 3. The largest absolute Gasteiger partial charge is 0.337 e. The lowest BCUT2D eigenvalue weighted by atomic mass is 9.94. The van der Waals surface area contributed by atoms with E-state index in [4.69, 9.17) is 0 Å². The molecule has 0 spiro atoms. The first-order chi connectivity index (χ1) is 13.7. The first-order valence-corrected chi connectivity index (χ1v) is 10.6. The number of aryl methyl sites for hydroxylation is 2. The molecule has 5 rings (SSSR count). The number of nitrogens with zero attached hydrogens (tertiary/aromatic N) is 3. The molecule has 1 amide bonds. The molecular weight excluding hydrogens is 350 g/mol. The third-order valence-electron chi connectivity index (χ3n) is 6.78. The Bertz CT molecular complexity index is 946. The molecule has 1 atom stereocenters. The highest BCUT2D eigenvalue weighted by Gasteiger charge is 2.54. The average molecular weight is 377 g/mol.